The molecule has 8 heteroatoms. The maximum atomic E-state index is 13.2. The highest BCUT2D eigenvalue weighted by Gasteiger charge is 2.38. The smallest absolute Gasteiger partial charge is 0.230 e. The minimum atomic E-state index is -0.522. The topological polar surface area (TPSA) is 75.4 Å². The minimum Gasteiger partial charge on any atom is -0.342 e. The van der Waals surface area contributed by atoms with E-state index >= 15 is 0 Å². The molecule has 0 bridgehead atoms. The maximum Gasteiger partial charge on any atom is 0.230 e. The Hall–Kier alpha value is -1.37. The molecule has 0 spiro atoms. The predicted molar refractivity (Wildman–Crippen MR) is 109 cm³/mol. The number of carbonyl (C=O) groups is 2. The van der Waals surface area contributed by atoms with Crippen molar-refractivity contribution < 1.29 is 14.0 Å². The van der Waals surface area contributed by atoms with E-state index < -0.39 is 11.2 Å². The van der Waals surface area contributed by atoms with Crippen LogP contribution in [0.4, 0.5) is 10.1 Å². The van der Waals surface area contributed by atoms with Crippen LogP contribution < -0.4 is 11.1 Å². The summed E-state index contributed by atoms with van der Waals surface area (Å²) >= 11 is 5.74. The van der Waals surface area contributed by atoms with Crippen LogP contribution in [0.1, 0.15) is 39.5 Å². The Morgan fingerprint density at radius 3 is 2.37 bits per heavy atom. The minimum absolute atomic E-state index is 0. The SMILES string of the molecule is CCC(CC)(CN)C(=O)N1CCC(C(=O)Nc2ccc(F)c(Cl)c2)CC1.Cl. The van der Waals surface area contributed by atoms with Crippen LogP contribution in [0.3, 0.4) is 0 Å². The first-order valence-corrected chi connectivity index (χ1v) is 9.50. The van der Waals surface area contributed by atoms with Gasteiger partial charge in [-0.05, 0) is 43.9 Å². The van der Waals surface area contributed by atoms with E-state index in [2.05, 4.69) is 5.32 Å². The largest absolute Gasteiger partial charge is 0.342 e. The molecule has 3 N–H and O–H groups in total. The molecule has 5 nitrogen and oxygen atoms in total. The van der Waals surface area contributed by atoms with Crippen molar-refractivity contribution in [2.75, 3.05) is 25.0 Å². The van der Waals surface area contributed by atoms with Crippen LogP contribution in [0.5, 0.6) is 0 Å². The standard InChI is InChI=1S/C19H27ClFN3O2.ClH/c1-3-19(4-2,12-22)18(26)24-9-7-13(8-10-24)17(25)23-14-5-6-16(21)15(20)11-14;/h5-6,11,13H,3-4,7-10,12,22H2,1-2H3,(H,23,25);1H. The zero-order valence-electron chi connectivity index (χ0n) is 15.8. The number of nitrogens with one attached hydrogen (secondary N) is 1. The highest BCUT2D eigenvalue weighted by molar-refractivity contribution is 6.31. The van der Waals surface area contributed by atoms with E-state index in [4.69, 9.17) is 17.3 Å². The Bertz CT molecular complexity index is 652. The lowest BCUT2D eigenvalue weighted by Gasteiger charge is -2.38. The summed E-state index contributed by atoms with van der Waals surface area (Å²) in [6, 6.07) is 4.10. The summed E-state index contributed by atoms with van der Waals surface area (Å²) in [6.45, 7) is 5.40. The lowest BCUT2D eigenvalue weighted by Crippen LogP contribution is -2.50. The van der Waals surface area contributed by atoms with E-state index in [-0.39, 0.29) is 35.2 Å². The fourth-order valence-electron chi connectivity index (χ4n) is 3.43. The van der Waals surface area contributed by atoms with Crippen LogP contribution in [0.15, 0.2) is 18.2 Å². The van der Waals surface area contributed by atoms with Gasteiger partial charge in [0.2, 0.25) is 11.8 Å². The number of nitrogens with zero attached hydrogens (tertiary/aromatic N) is 1. The second-order valence-electron chi connectivity index (χ2n) is 6.88. The number of piperidine rings is 1. The van der Waals surface area contributed by atoms with Crippen LogP contribution in [-0.2, 0) is 9.59 Å². The summed E-state index contributed by atoms with van der Waals surface area (Å²) in [5.41, 5.74) is 5.84. The Kier molecular flexibility index (Phi) is 8.99. The van der Waals surface area contributed by atoms with Crippen molar-refractivity contribution in [3.05, 3.63) is 29.0 Å². The van der Waals surface area contributed by atoms with Crippen LogP contribution in [-0.4, -0.2) is 36.3 Å². The van der Waals surface area contributed by atoms with Crippen LogP contribution in [0, 0.1) is 17.2 Å². The third-order valence-electron chi connectivity index (χ3n) is 5.54. The highest BCUT2D eigenvalue weighted by atomic mass is 35.5. The number of anilines is 1. The number of amides is 2. The zero-order chi connectivity index (χ0) is 19.3. The Balaban J connectivity index is 0.00000364. The van der Waals surface area contributed by atoms with E-state index in [1.165, 1.54) is 18.2 Å². The van der Waals surface area contributed by atoms with Gasteiger partial charge in [0.15, 0.2) is 0 Å². The molecule has 0 aliphatic carbocycles. The lowest BCUT2D eigenvalue weighted by atomic mass is 9.80. The summed E-state index contributed by atoms with van der Waals surface area (Å²) in [6.07, 6.45) is 2.62. The average Bonchev–Trinajstić information content (AvgIpc) is 2.66. The van der Waals surface area contributed by atoms with E-state index in [1.807, 2.05) is 18.7 Å². The third kappa shape index (κ3) is 5.33. The number of halogens is 3. The van der Waals surface area contributed by atoms with Gasteiger partial charge >= 0.3 is 0 Å². The predicted octanol–water partition coefficient (Wildman–Crippen LogP) is 3.84. The molecular formula is C19H28Cl2FN3O2. The number of benzene rings is 1. The van der Waals surface area contributed by atoms with Crippen molar-refractivity contribution in [1.82, 2.24) is 4.90 Å². The molecule has 0 atom stereocenters. The van der Waals surface area contributed by atoms with Gasteiger partial charge in [-0.2, -0.15) is 0 Å². The Labute approximate surface area is 171 Å². The van der Waals surface area contributed by atoms with Crippen molar-refractivity contribution in [3.8, 4) is 0 Å². The molecule has 0 unspecified atom stereocenters. The van der Waals surface area contributed by atoms with Gasteiger partial charge in [-0.15, -0.1) is 12.4 Å². The number of hydrogen-bond acceptors (Lipinski definition) is 3. The second-order valence-corrected chi connectivity index (χ2v) is 7.28. The highest BCUT2D eigenvalue weighted by Crippen LogP contribution is 2.30. The summed E-state index contributed by atoms with van der Waals surface area (Å²) in [5.74, 6) is -0.741. The molecule has 1 saturated heterocycles. The Morgan fingerprint density at radius 1 is 1.30 bits per heavy atom. The van der Waals surface area contributed by atoms with Crippen LogP contribution >= 0.6 is 24.0 Å². The molecule has 1 aromatic carbocycles. The fraction of sp³-hybridized carbons (Fsp3) is 0.579. The number of rotatable bonds is 6. The number of likely N-dealkylation sites (tertiary alicyclic amines) is 1. The number of nitrogens with two attached hydrogens (primary N) is 1. The molecule has 1 aromatic rings. The first-order chi connectivity index (χ1) is 12.4. The molecule has 1 aliphatic heterocycles. The summed E-state index contributed by atoms with van der Waals surface area (Å²) < 4.78 is 13.2. The molecule has 1 fully saturated rings. The van der Waals surface area contributed by atoms with E-state index in [0.717, 1.165) is 0 Å². The van der Waals surface area contributed by atoms with Crippen LogP contribution in [0.25, 0.3) is 0 Å². The fourth-order valence-corrected chi connectivity index (χ4v) is 3.61. The first-order valence-electron chi connectivity index (χ1n) is 9.12. The van der Waals surface area contributed by atoms with E-state index in [9.17, 15) is 14.0 Å². The Morgan fingerprint density at radius 2 is 1.89 bits per heavy atom. The van der Waals surface area contributed by atoms with Gasteiger partial charge in [-0.25, -0.2) is 4.39 Å². The first kappa shape index (κ1) is 23.7. The number of carbonyl (C=O) groups excluding carboxylic acids is 2. The van der Waals surface area contributed by atoms with Gasteiger partial charge in [0.1, 0.15) is 5.82 Å². The van der Waals surface area contributed by atoms with E-state index in [0.29, 0.717) is 51.0 Å². The third-order valence-corrected chi connectivity index (χ3v) is 5.83. The molecule has 152 valence electrons. The summed E-state index contributed by atoms with van der Waals surface area (Å²) in [4.78, 5) is 27.1. The monoisotopic (exact) mass is 419 g/mol. The van der Waals surface area contributed by atoms with Gasteiger partial charge in [-0.1, -0.05) is 25.4 Å². The van der Waals surface area contributed by atoms with Gasteiger partial charge < -0.3 is 16.0 Å². The summed E-state index contributed by atoms with van der Waals surface area (Å²) in [7, 11) is 0. The number of hydrogen-bond donors (Lipinski definition) is 2. The summed E-state index contributed by atoms with van der Waals surface area (Å²) in [5, 5.41) is 2.75. The van der Waals surface area contributed by atoms with Crippen molar-refractivity contribution >= 4 is 41.5 Å². The van der Waals surface area contributed by atoms with Crippen molar-refractivity contribution in [1.29, 1.82) is 0 Å². The average molecular weight is 420 g/mol. The molecule has 0 aromatic heterocycles. The second kappa shape index (κ2) is 10.2. The van der Waals surface area contributed by atoms with Gasteiger partial charge in [0, 0.05) is 31.2 Å². The molecule has 1 aliphatic rings. The lowest BCUT2D eigenvalue weighted by molar-refractivity contribution is -0.144. The van der Waals surface area contributed by atoms with E-state index in [1.54, 1.807) is 0 Å². The van der Waals surface area contributed by atoms with Crippen molar-refractivity contribution in [2.45, 2.75) is 39.5 Å². The molecule has 27 heavy (non-hydrogen) atoms. The van der Waals surface area contributed by atoms with Crippen LogP contribution in [0.2, 0.25) is 5.02 Å². The molecule has 2 amide bonds. The molecule has 0 saturated carbocycles. The van der Waals surface area contributed by atoms with Gasteiger partial charge in [-0.3, -0.25) is 9.59 Å². The molecular weight excluding hydrogens is 392 g/mol. The molecule has 1 heterocycles. The zero-order valence-corrected chi connectivity index (χ0v) is 17.3. The molecule has 2 rings (SSSR count). The molecule has 0 radical (unpaired) electrons. The normalized spacial score (nSPS) is 15.2. The quantitative estimate of drug-likeness (QED) is 0.734. The van der Waals surface area contributed by atoms with Crippen molar-refractivity contribution in [3.63, 3.8) is 0 Å². The van der Waals surface area contributed by atoms with Gasteiger partial charge in [0.05, 0.1) is 10.4 Å². The van der Waals surface area contributed by atoms with Gasteiger partial charge in [0.25, 0.3) is 0 Å². The maximum absolute atomic E-state index is 13.2. The van der Waals surface area contributed by atoms with Crippen molar-refractivity contribution in [2.24, 2.45) is 17.1 Å².